The molecule has 1 amide bonds. The highest BCUT2D eigenvalue weighted by Crippen LogP contribution is 2.37. The Bertz CT molecular complexity index is 1290. The highest BCUT2D eigenvalue weighted by atomic mass is 32.2. The lowest BCUT2D eigenvalue weighted by molar-refractivity contribution is -0.113. The molecule has 0 unspecified atom stereocenters. The molecule has 0 bridgehead atoms. The number of nitrogens with zero attached hydrogens (tertiary/aromatic N) is 1. The standard InChI is InChI=1S/C26H24FN3O3S/c1-16-4-6-17(7-5-16)25-29-24(18-8-13-21(32-2)22(14-18)33-3)26(30-25)34-15-23(31)28-20-11-9-19(27)10-12-20/h4-14H,15H2,1-3H3,(H,28,31)(H,29,30). The topological polar surface area (TPSA) is 76.2 Å². The smallest absolute Gasteiger partial charge is 0.234 e. The Morgan fingerprint density at radius 1 is 0.971 bits per heavy atom. The summed E-state index contributed by atoms with van der Waals surface area (Å²) in [6.07, 6.45) is 0. The third-order valence-electron chi connectivity index (χ3n) is 5.14. The van der Waals surface area contributed by atoms with Crippen molar-refractivity contribution < 1.29 is 18.7 Å². The van der Waals surface area contributed by atoms with Gasteiger partial charge in [-0.15, -0.1) is 0 Å². The van der Waals surface area contributed by atoms with Crippen molar-refractivity contribution in [2.75, 3.05) is 25.3 Å². The first-order valence-electron chi connectivity index (χ1n) is 10.5. The van der Waals surface area contributed by atoms with E-state index >= 15 is 0 Å². The number of aryl methyl sites for hydroxylation is 1. The number of hydrogen-bond acceptors (Lipinski definition) is 5. The Labute approximate surface area is 201 Å². The molecule has 1 aromatic heterocycles. The lowest BCUT2D eigenvalue weighted by Gasteiger charge is -2.10. The number of carbonyl (C=O) groups is 1. The number of H-pyrrole nitrogens is 1. The average Bonchev–Trinajstić information content (AvgIpc) is 3.28. The highest BCUT2D eigenvalue weighted by molar-refractivity contribution is 8.00. The maximum atomic E-state index is 13.1. The van der Waals surface area contributed by atoms with Gasteiger partial charge in [-0.25, -0.2) is 9.37 Å². The van der Waals surface area contributed by atoms with E-state index in [0.717, 1.165) is 22.4 Å². The molecule has 8 heteroatoms. The first-order valence-corrected chi connectivity index (χ1v) is 11.5. The van der Waals surface area contributed by atoms with Crippen LogP contribution in [-0.2, 0) is 4.79 Å². The third-order valence-corrected chi connectivity index (χ3v) is 6.11. The van der Waals surface area contributed by atoms with Gasteiger partial charge in [0, 0.05) is 16.8 Å². The molecule has 0 aliphatic rings. The van der Waals surface area contributed by atoms with Crippen LogP contribution in [0.3, 0.4) is 0 Å². The number of hydrogen-bond donors (Lipinski definition) is 2. The molecular weight excluding hydrogens is 453 g/mol. The van der Waals surface area contributed by atoms with Gasteiger partial charge < -0.3 is 19.8 Å². The van der Waals surface area contributed by atoms with Crippen LogP contribution in [0.4, 0.5) is 10.1 Å². The van der Waals surface area contributed by atoms with Crippen LogP contribution in [-0.4, -0.2) is 35.8 Å². The SMILES string of the molecule is COc1ccc(-c2[nH]c(-c3ccc(C)cc3)nc2SCC(=O)Nc2ccc(F)cc2)cc1OC. The molecule has 174 valence electrons. The van der Waals surface area contributed by atoms with Gasteiger partial charge >= 0.3 is 0 Å². The van der Waals surface area contributed by atoms with Crippen molar-refractivity contribution in [2.45, 2.75) is 11.9 Å². The second-order valence-corrected chi connectivity index (χ2v) is 8.51. The third kappa shape index (κ3) is 5.40. The number of imidazole rings is 1. The van der Waals surface area contributed by atoms with Crippen LogP contribution in [0.15, 0.2) is 71.8 Å². The van der Waals surface area contributed by atoms with Gasteiger partial charge in [0.15, 0.2) is 11.5 Å². The Hall–Kier alpha value is -3.78. The summed E-state index contributed by atoms with van der Waals surface area (Å²) in [6, 6.07) is 19.3. The second-order valence-electron chi connectivity index (χ2n) is 7.55. The first-order chi connectivity index (χ1) is 16.5. The summed E-state index contributed by atoms with van der Waals surface area (Å²) in [5.74, 6) is 1.48. The van der Waals surface area contributed by atoms with Gasteiger partial charge in [-0.3, -0.25) is 4.79 Å². The zero-order valence-corrected chi connectivity index (χ0v) is 19.8. The van der Waals surface area contributed by atoms with E-state index in [1.54, 1.807) is 14.2 Å². The normalized spacial score (nSPS) is 10.7. The minimum atomic E-state index is -0.355. The lowest BCUT2D eigenvalue weighted by Crippen LogP contribution is -2.14. The molecule has 0 fully saturated rings. The first kappa shape index (κ1) is 23.4. The predicted molar refractivity (Wildman–Crippen MR) is 133 cm³/mol. The second kappa shape index (κ2) is 10.4. The van der Waals surface area contributed by atoms with Gasteiger partial charge in [-0.1, -0.05) is 41.6 Å². The summed E-state index contributed by atoms with van der Waals surface area (Å²) in [5, 5.41) is 3.45. The monoisotopic (exact) mass is 477 g/mol. The number of nitrogens with one attached hydrogen (secondary N) is 2. The average molecular weight is 478 g/mol. The predicted octanol–water partition coefficient (Wildman–Crippen LogP) is 5.94. The number of anilines is 1. The molecule has 4 rings (SSSR count). The van der Waals surface area contributed by atoms with Gasteiger partial charge in [0.1, 0.15) is 16.7 Å². The minimum Gasteiger partial charge on any atom is -0.493 e. The fourth-order valence-electron chi connectivity index (χ4n) is 3.36. The maximum absolute atomic E-state index is 13.1. The summed E-state index contributed by atoms with van der Waals surface area (Å²) >= 11 is 1.31. The Morgan fingerprint density at radius 3 is 2.32 bits per heavy atom. The number of methoxy groups -OCH3 is 2. The van der Waals surface area contributed by atoms with E-state index in [-0.39, 0.29) is 17.5 Å². The number of aromatic nitrogens is 2. The molecule has 4 aromatic rings. The molecule has 0 saturated carbocycles. The number of halogens is 1. The fourth-order valence-corrected chi connectivity index (χ4v) is 4.17. The van der Waals surface area contributed by atoms with Gasteiger partial charge in [-0.05, 0) is 49.4 Å². The molecule has 3 aromatic carbocycles. The van der Waals surface area contributed by atoms with E-state index in [0.29, 0.717) is 28.0 Å². The molecule has 0 aliphatic heterocycles. The van der Waals surface area contributed by atoms with Crippen molar-refractivity contribution in [3.05, 3.63) is 78.1 Å². The number of carbonyl (C=O) groups excluding carboxylic acids is 1. The number of aromatic amines is 1. The van der Waals surface area contributed by atoms with Crippen LogP contribution in [0.1, 0.15) is 5.56 Å². The van der Waals surface area contributed by atoms with Crippen molar-refractivity contribution >= 4 is 23.4 Å². The van der Waals surface area contributed by atoms with E-state index in [1.165, 1.54) is 36.0 Å². The fraction of sp³-hybridized carbons (Fsp3) is 0.154. The summed E-state index contributed by atoms with van der Waals surface area (Å²) in [6.45, 7) is 2.03. The van der Waals surface area contributed by atoms with E-state index in [4.69, 9.17) is 14.5 Å². The van der Waals surface area contributed by atoms with E-state index in [2.05, 4.69) is 10.3 Å². The zero-order valence-electron chi connectivity index (χ0n) is 19.0. The highest BCUT2D eigenvalue weighted by Gasteiger charge is 2.17. The molecule has 2 N–H and O–H groups in total. The quantitative estimate of drug-likeness (QED) is 0.307. The molecule has 0 saturated heterocycles. The number of amides is 1. The Kier molecular flexibility index (Phi) is 7.18. The van der Waals surface area contributed by atoms with Crippen LogP contribution in [0.25, 0.3) is 22.6 Å². The molecule has 1 heterocycles. The maximum Gasteiger partial charge on any atom is 0.234 e. The Balaban J connectivity index is 1.62. The molecule has 0 spiro atoms. The van der Waals surface area contributed by atoms with Gasteiger partial charge in [0.25, 0.3) is 0 Å². The van der Waals surface area contributed by atoms with Crippen LogP contribution in [0.2, 0.25) is 0 Å². The van der Waals surface area contributed by atoms with Crippen LogP contribution >= 0.6 is 11.8 Å². The molecule has 34 heavy (non-hydrogen) atoms. The molecule has 0 radical (unpaired) electrons. The summed E-state index contributed by atoms with van der Waals surface area (Å²) < 4.78 is 23.9. The van der Waals surface area contributed by atoms with E-state index in [9.17, 15) is 9.18 Å². The van der Waals surface area contributed by atoms with Gasteiger partial charge in [-0.2, -0.15) is 0 Å². The number of thioether (sulfide) groups is 1. The molecule has 0 aliphatic carbocycles. The lowest BCUT2D eigenvalue weighted by atomic mass is 10.1. The molecular formula is C26H24FN3O3S. The number of rotatable bonds is 8. The Morgan fingerprint density at radius 2 is 1.65 bits per heavy atom. The van der Waals surface area contributed by atoms with Crippen molar-refractivity contribution in [2.24, 2.45) is 0 Å². The van der Waals surface area contributed by atoms with Gasteiger partial charge in [0.2, 0.25) is 5.91 Å². The van der Waals surface area contributed by atoms with Gasteiger partial charge in [0.05, 0.1) is 25.7 Å². The number of ether oxygens (including phenoxy) is 2. The van der Waals surface area contributed by atoms with Crippen molar-refractivity contribution in [3.8, 4) is 34.1 Å². The molecule has 6 nitrogen and oxygen atoms in total. The van der Waals surface area contributed by atoms with Crippen LogP contribution in [0, 0.1) is 12.7 Å². The van der Waals surface area contributed by atoms with Crippen LogP contribution in [0.5, 0.6) is 11.5 Å². The summed E-state index contributed by atoms with van der Waals surface area (Å²) in [4.78, 5) is 20.7. The summed E-state index contributed by atoms with van der Waals surface area (Å²) in [7, 11) is 3.17. The van der Waals surface area contributed by atoms with Crippen molar-refractivity contribution in [3.63, 3.8) is 0 Å². The largest absolute Gasteiger partial charge is 0.493 e. The van der Waals surface area contributed by atoms with Crippen molar-refractivity contribution in [1.82, 2.24) is 9.97 Å². The van der Waals surface area contributed by atoms with Crippen LogP contribution < -0.4 is 14.8 Å². The molecule has 0 atom stereocenters. The van der Waals surface area contributed by atoms with E-state index in [1.807, 2.05) is 49.4 Å². The summed E-state index contributed by atoms with van der Waals surface area (Å²) in [5.41, 5.74) is 4.26. The zero-order chi connectivity index (χ0) is 24.1. The number of benzene rings is 3. The van der Waals surface area contributed by atoms with Crippen molar-refractivity contribution in [1.29, 1.82) is 0 Å². The minimum absolute atomic E-state index is 0.135. The van der Waals surface area contributed by atoms with E-state index < -0.39 is 0 Å².